The molecule has 26 heavy (non-hydrogen) atoms. The van der Waals surface area contributed by atoms with Crippen LogP contribution in [-0.4, -0.2) is 12.4 Å². The Morgan fingerprint density at radius 3 is 2.19 bits per heavy atom. The van der Waals surface area contributed by atoms with Crippen molar-refractivity contribution in [2.24, 2.45) is 9.98 Å². The van der Waals surface area contributed by atoms with Crippen molar-refractivity contribution in [1.82, 2.24) is 0 Å². The van der Waals surface area contributed by atoms with Gasteiger partial charge < -0.3 is 0 Å². The van der Waals surface area contributed by atoms with Gasteiger partial charge in [-0.25, -0.2) is 0 Å². The number of nitrogens with zero attached hydrogens (tertiary/aromatic N) is 2. The predicted octanol–water partition coefficient (Wildman–Crippen LogP) is 5.79. The first-order chi connectivity index (χ1) is 12.9. The zero-order valence-corrected chi connectivity index (χ0v) is 14.7. The molecule has 2 aliphatic heterocycles. The number of allylic oxidation sites excluding steroid dienone is 2. The molecule has 0 atom stereocenters. The maximum atomic E-state index is 3.92. The third-order valence-electron chi connectivity index (χ3n) is 5.45. The molecule has 0 saturated carbocycles. The van der Waals surface area contributed by atoms with Crippen molar-refractivity contribution < 1.29 is 0 Å². The first-order valence-corrected chi connectivity index (χ1v) is 9.29. The average molecular weight is 336 g/mol. The van der Waals surface area contributed by atoms with Crippen molar-refractivity contribution in [3.05, 3.63) is 83.2 Å². The molecule has 1 aliphatic carbocycles. The predicted molar refractivity (Wildman–Crippen MR) is 111 cm³/mol. The second-order valence-corrected chi connectivity index (χ2v) is 7.02. The van der Waals surface area contributed by atoms with Gasteiger partial charge >= 0.3 is 0 Å². The maximum Gasteiger partial charge on any atom is 0.0363 e. The lowest BCUT2D eigenvalue weighted by atomic mass is 9.86. The summed E-state index contributed by atoms with van der Waals surface area (Å²) in [6, 6.07) is 18.0. The minimum absolute atomic E-state index is 1.13. The molecule has 0 amide bonds. The van der Waals surface area contributed by atoms with Crippen LogP contribution in [0, 0.1) is 0 Å². The standard InChI is InChI=1S/C18H16.C6H4N2/c1-3-7-15-13(5-1)9-11-18-16-8-4-2-6-14(16)10-12-17(15)18;1-5-2-8-4-6(5)3-7-1/h1,3,5,7,9-12H,2,4,6,8H2;1-4H. The van der Waals surface area contributed by atoms with E-state index in [4.69, 9.17) is 0 Å². The van der Waals surface area contributed by atoms with Crippen molar-refractivity contribution >= 4 is 34.0 Å². The Hall–Kier alpha value is -3.00. The van der Waals surface area contributed by atoms with Gasteiger partial charge in [-0.15, -0.1) is 0 Å². The SMILES string of the molecule is C1=NC=C2C=NC=C12.c1ccc2c(c1)ccc1c3c(ccc12)CCCC3. The minimum atomic E-state index is 1.13. The second kappa shape index (κ2) is 6.38. The van der Waals surface area contributed by atoms with Gasteiger partial charge in [0.1, 0.15) is 0 Å². The summed E-state index contributed by atoms with van der Waals surface area (Å²) < 4.78 is 0. The molecule has 0 unspecified atom stereocenters. The highest BCUT2D eigenvalue weighted by Crippen LogP contribution is 2.33. The molecule has 3 aromatic carbocycles. The number of benzene rings is 3. The summed E-state index contributed by atoms with van der Waals surface area (Å²) in [5.41, 5.74) is 5.43. The Labute approximate surface area is 153 Å². The van der Waals surface area contributed by atoms with Gasteiger partial charge in [-0.3, -0.25) is 9.98 Å². The number of hydrogen-bond acceptors (Lipinski definition) is 2. The average Bonchev–Trinajstić information content (AvgIpc) is 3.33. The van der Waals surface area contributed by atoms with E-state index in [1.165, 1.54) is 47.2 Å². The van der Waals surface area contributed by atoms with Crippen molar-refractivity contribution in [3.8, 4) is 0 Å². The molecular weight excluding hydrogens is 316 g/mol. The second-order valence-electron chi connectivity index (χ2n) is 7.02. The monoisotopic (exact) mass is 336 g/mol. The third kappa shape index (κ3) is 2.59. The van der Waals surface area contributed by atoms with Gasteiger partial charge in [-0.2, -0.15) is 0 Å². The molecule has 0 spiro atoms. The number of aliphatic imine (C=N–C) groups is 2. The van der Waals surface area contributed by atoms with Crippen LogP contribution in [0.3, 0.4) is 0 Å². The molecule has 3 aliphatic rings. The van der Waals surface area contributed by atoms with Gasteiger partial charge in [-0.1, -0.05) is 48.5 Å². The van der Waals surface area contributed by atoms with E-state index in [9.17, 15) is 0 Å². The fourth-order valence-corrected chi connectivity index (χ4v) is 4.10. The molecule has 2 heteroatoms. The highest BCUT2D eigenvalue weighted by atomic mass is 14.8. The molecule has 2 heterocycles. The van der Waals surface area contributed by atoms with Gasteiger partial charge in [0.25, 0.3) is 0 Å². The summed E-state index contributed by atoms with van der Waals surface area (Å²) in [6.45, 7) is 0. The summed E-state index contributed by atoms with van der Waals surface area (Å²) >= 11 is 0. The van der Waals surface area contributed by atoms with Crippen LogP contribution in [0.15, 0.2) is 82.1 Å². The fraction of sp³-hybridized carbons (Fsp3) is 0.167. The van der Waals surface area contributed by atoms with Crippen LogP contribution in [0.4, 0.5) is 0 Å². The summed E-state index contributed by atoms with van der Waals surface area (Å²) in [7, 11) is 0. The number of hydrogen-bond donors (Lipinski definition) is 0. The zero-order chi connectivity index (χ0) is 17.3. The number of aryl methyl sites for hydroxylation is 2. The lowest BCUT2D eigenvalue weighted by molar-refractivity contribution is 0.690. The van der Waals surface area contributed by atoms with E-state index in [1.807, 2.05) is 24.8 Å². The molecule has 2 nitrogen and oxygen atoms in total. The molecule has 0 saturated heterocycles. The first-order valence-electron chi connectivity index (χ1n) is 9.29. The van der Waals surface area contributed by atoms with Crippen molar-refractivity contribution in [2.75, 3.05) is 0 Å². The van der Waals surface area contributed by atoms with E-state index < -0.39 is 0 Å². The van der Waals surface area contributed by atoms with E-state index in [0.717, 1.165) is 11.1 Å². The Balaban J connectivity index is 0.000000156. The van der Waals surface area contributed by atoms with Gasteiger partial charge in [0, 0.05) is 36.0 Å². The zero-order valence-electron chi connectivity index (χ0n) is 14.7. The Bertz CT molecular complexity index is 1100. The molecular formula is C24H20N2. The topological polar surface area (TPSA) is 24.7 Å². The number of fused-ring (bicyclic) bond motifs is 6. The molecule has 0 radical (unpaired) electrons. The smallest absolute Gasteiger partial charge is 0.0363 e. The van der Waals surface area contributed by atoms with Gasteiger partial charge in [-0.05, 0) is 58.4 Å². The number of rotatable bonds is 0. The highest BCUT2D eigenvalue weighted by molar-refractivity contribution is 6.08. The molecule has 0 bridgehead atoms. The molecule has 3 aromatic rings. The van der Waals surface area contributed by atoms with E-state index in [0.29, 0.717) is 0 Å². The van der Waals surface area contributed by atoms with E-state index in [2.05, 4.69) is 58.5 Å². The Morgan fingerprint density at radius 1 is 0.615 bits per heavy atom. The van der Waals surface area contributed by atoms with Crippen LogP contribution in [0.5, 0.6) is 0 Å². The summed E-state index contributed by atoms with van der Waals surface area (Å²) in [5.74, 6) is 0. The highest BCUT2D eigenvalue weighted by Gasteiger charge is 2.13. The minimum Gasteiger partial charge on any atom is -0.263 e. The Morgan fingerprint density at radius 2 is 1.35 bits per heavy atom. The molecule has 6 rings (SSSR count). The van der Waals surface area contributed by atoms with Gasteiger partial charge in [0.2, 0.25) is 0 Å². The van der Waals surface area contributed by atoms with E-state index in [1.54, 1.807) is 11.1 Å². The lowest BCUT2D eigenvalue weighted by Gasteiger charge is -2.18. The molecule has 126 valence electrons. The van der Waals surface area contributed by atoms with Crippen LogP contribution in [-0.2, 0) is 12.8 Å². The van der Waals surface area contributed by atoms with Crippen molar-refractivity contribution in [1.29, 1.82) is 0 Å². The fourth-order valence-electron chi connectivity index (χ4n) is 4.10. The Kier molecular flexibility index (Phi) is 3.75. The third-order valence-corrected chi connectivity index (χ3v) is 5.45. The van der Waals surface area contributed by atoms with Crippen LogP contribution in [0.25, 0.3) is 21.5 Å². The largest absolute Gasteiger partial charge is 0.263 e. The normalized spacial score (nSPS) is 16.8. The first kappa shape index (κ1) is 15.3. The summed E-state index contributed by atoms with van der Waals surface area (Å²) in [5, 5.41) is 5.64. The summed E-state index contributed by atoms with van der Waals surface area (Å²) in [6.07, 6.45) is 12.4. The van der Waals surface area contributed by atoms with Crippen molar-refractivity contribution in [3.63, 3.8) is 0 Å². The van der Waals surface area contributed by atoms with E-state index >= 15 is 0 Å². The van der Waals surface area contributed by atoms with Crippen LogP contribution < -0.4 is 0 Å². The van der Waals surface area contributed by atoms with E-state index in [-0.39, 0.29) is 0 Å². The molecule has 0 fully saturated rings. The van der Waals surface area contributed by atoms with Crippen LogP contribution in [0.1, 0.15) is 24.0 Å². The summed E-state index contributed by atoms with van der Waals surface area (Å²) in [4.78, 5) is 7.84. The van der Waals surface area contributed by atoms with Crippen LogP contribution >= 0.6 is 0 Å². The quantitative estimate of drug-likeness (QED) is 0.464. The molecule has 0 N–H and O–H groups in total. The van der Waals surface area contributed by atoms with Crippen molar-refractivity contribution in [2.45, 2.75) is 25.7 Å². The maximum absolute atomic E-state index is 3.92. The molecule has 0 aromatic heterocycles. The van der Waals surface area contributed by atoms with Gasteiger partial charge in [0.15, 0.2) is 0 Å². The lowest BCUT2D eigenvalue weighted by Crippen LogP contribution is -2.02. The van der Waals surface area contributed by atoms with Gasteiger partial charge in [0.05, 0.1) is 0 Å². The van der Waals surface area contributed by atoms with Crippen LogP contribution in [0.2, 0.25) is 0 Å².